The average Bonchev–Trinajstić information content (AvgIpc) is 2.88. The minimum atomic E-state index is 0.614. The van der Waals surface area contributed by atoms with Gasteiger partial charge in [0.1, 0.15) is 0 Å². The summed E-state index contributed by atoms with van der Waals surface area (Å²) in [5.74, 6) is 0. The van der Waals surface area contributed by atoms with E-state index in [2.05, 4.69) is 59.1 Å². The van der Waals surface area contributed by atoms with Gasteiger partial charge in [0.15, 0.2) is 0 Å². The monoisotopic (exact) mass is 301 g/mol. The van der Waals surface area contributed by atoms with Crippen LogP contribution in [-0.2, 0) is 6.54 Å². The topological polar surface area (TPSA) is 12.0 Å². The molecule has 1 saturated carbocycles. The molecule has 0 atom stereocenters. The molecule has 0 saturated heterocycles. The summed E-state index contributed by atoms with van der Waals surface area (Å²) in [6.45, 7) is 4.53. The Bertz CT molecular complexity index is 301. The zero-order valence-electron chi connectivity index (χ0n) is 8.52. The van der Waals surface area contributed by atoms with Crippen molar-refractivity contribution in [3.05, 3.63) is 33.4 Å². The predicted octanol–water partition coefficient (Wildman–Crippen LogP) is 3.18. The Labute approximate surface area is 99.4 Å². The first-order chi connectivity index (χ1) is 6.68. The molecule has 0 radical (unpaired) electrons. The molecule has 0 bridgehead atoms. The molecule has 2 rings (SSSR count). The van der Waals surface area contributed by atoms with E-state index < -0.39 is 0 Å². The average molecular weight is 301 g/mol. The van der Waals surface area contributed by atoms with E-state index >= 15 is 0 Å². The Hall–Kier alpha value is -0.0900. The molecule has 1 N–H and O–H groups in total. The van der Waals surface area contributed by atoms with Gasteiger partial charge in [-0.05, 0) is 58.5 Å². The van der Waals surface area contributed by atoms with Gasteiger partial charge in [0.2, 0.25) is 0 Å². The van der Waals surface area contributed by atoms with E-state index in [1.165, 1.54) is 28.5 Å². The van der Waals surface area contributed by atoms with E-state index in [4.69, 9.17) is 0 Å². The summed E-state index contributed by atoms with van der Waals surface area (Å²) in [6.07, 6.45) is 2.79. The summed E-state index contributed by atoms with van der Waals surface area (Å²) in [4.78, 5) is 0. The highest BCUT2D eigenvalue weighted by Gasteiger charge is 2.36. The van der Waals surface area contributed by atoms with Gasteiger partial charge in [0, 0.05) is 16.7 Å². The van der Waals surface area contributed by atoms with Crippen molar-refractivity contribution in [1.82, 2.24) is 5.32 Å². The second-order valence-corrected chi connectivity index (χ2v) is 5.79. The minimum Gasteiger partial charge on any atom is -0.312 e. The molecule has 0 amide bonds. The van der Waals surface area contributed by atoms with Crippen molar-refractivity contribution in [2.75, 3.05) is 6.54 Å². The highest BCUT2D eigenvalue weighted by atomic mass is 127. The highest BCUT2D eigenvalue weighted by molar-refractivity contribution is 14.1. The lowest BCUT2D eigenvalue weighted by molar-refractivity contribution is 0.499. The molecule has 1 aromatic carbocycles. The van der Waals surface area contributed by atoms with Gasteiger partial charge in [-0.15, -0.1) is 0 Å². The van der Waals surface area contributed by atoms with Crippen LogP contribution in [0, 0.1) is 8.99 Å². The maximum atomic E-state index is 3.52. The molecule has 0 spiro atoms. The third kappa shape index (κ3) is 2.95. The number of nitrogens with one attached hydrogen (secondary N) is 1. The second-order valence-electron chi connectivity index (χ2n) is 4.54. The van der Waals surface area contributed by atoms with Crippen molar-refractivity contribution in [3.8, 4) is 0 Å². The normalized spacial score (nSPS) is 18.1. The van der Waals surface area contributed by atoms with Crippen LogP contribution in [0.25, 0.3) is 0 Å². The SMILES string of the molecule is CC1(CNCc2ccc(I)cc2)CC1. The summed E-state index contributed by atoms with van der Waals surface area (Å²) < 4.78 is 1.31. The highest BCUT2D eigenvalue weighted by Crippen LogP contribution is 2.44. The van der Waals surface area contributed by atoms with Crippen molar-refractivity contribution < 1.29 is 0 Å². The van der Waals surface area contributed by atoms with Gasteiger partial charge in [0.25, 0.3) is 0 Å². The fourth-order valence-electron chi connectivity index (χ4n) is 1.50. The van der Waals surface area contributed by atoms with Crippen LogP contribution < -0.4 is 5.32 Å². The van der Waals surface area contributed by atoms with Crippen LogP contribution in [0.5, 0.6) is 0 Å². The molecule has 14 heavy (non-hydrogen) atoms. The summed E-state index contributed by atoms with van der Waals surface area (Å²) >= 11 is 2.34. The van der Waals surface area contributed by atoms with E-state index in [0.29, 0.717) is 5.41 Å². The van der Waals surface area contributed by atoms with Gasteiger partial charge in [0.05, 0.1) is 0 Å². The standard InChI is InChI=1S/C12H16IN/c1-12(6-7-12)9-14-8-10-2-4-11(13)5-3-10/h2-5,14H,6-9H2,1H3. The molecule has 1 aliphatic rings. The Morgan fingerprint density at radius 2 is 1.93 bits per heavy atom. The van der Waals surface area contributed by atoms with E-state index in [1.54, 1.807) is 0 Å². The maximum absolute atomic E-state index is 3.52. The number of hydrogen-bond acceptors (Lipinski definition) is 1. The van der Waals surface area contributed by atoms with Crippen LogP contribution in [0.4, 0.5) is 0 Å². The zero-order chi connectivity index (χ0) is 10.0. The van der Waals surface area contributed by atoms with Crippen molar-refractivity contribution in [3.63, 3.8) is 0 Å². The van der Waals surface area contributed by atoms with Gasteiger partial charge in [-0.25, -0.2) is 0 Å². The number of hydrogen-bond donors (Lipinski definition) is 1. The summed E-state index contributed by atoms with van der Waals surface area (Å²) in [6, 6.07) is 8.72. The molecule has 1 aliphatic carbocycles. The molecule has 1 nitrogen and oxygen atoms in total. The molecular formula is C12H16IN. The smallest absolute Gasteiger partial charge is 0.0205 e. The molecule has 1 fully saturated rings. The summed E-state index contributed by atoms with van der Waals surface area (Å²) in [5.41, 5.74) is 2.00. The van der Waals surface area contributed by atoms with Gasteiger partial charge in [-0.2, -0.15) is 0 Å². The van der Waals surface area contributed by atoms with Crippen LogP contribution >= 0.6 is 22.6 Å². The summed E-state index contributed by atoms with van der Waals surface area (Å²) in [7, 11) is 0. The Balaban J connectivity index is 1.77. The van der Waals surface area contributed by atoms with Crippen LogP contribution in [0.15, 0.2) is 24.3 Å². The van der Waals surface area contributed by atoms with Crippen molar-refractivity contribution >= 4 is 22.6 Å². The second kappa shape index (κ2) is 4.19. The maximum Gasteiger partial charge on any atom is 0.0205 e. The Morgan fingerprint density at radius 1 is 1.29 bits per heavy atom. The van der Waals surface area contributed by atoms with E-state index in [1.807, 2.05) is 0 Å². The molecule has 0 aromatic heterocycles. The fraction of sp³-hybridized carbons (Fsp3) is 0.500. The molecule has 0 heterocycles. The Kier molecular flexibility index (Phi) is 3.12. The number of halogens is 1. The first-order valence-corrected chi connectivity index (χ1v) is 6.21. The van der Waals surface area contributed by atoms with Gasteiger partial charge in [-0.3, -0.25) is 0 Å². The molecule has 0 unspecified atom stereocenters. The third-order valence-corrected chi connectivity index (χ3v) is 3.62. The van der Waals surface area contributed by atoms with Crippen LogP contribution in [-0.4, -0.2) is 6.54 Å². The molecule has 76 valence electrons. The van der Waals surface area contributed by atoms with Gasteiger partial charge >= 0.3 is 0 Å². The lowest BCUT2D eigenvalue weighted by Crippen LogP contribution is -2.21. The van der Waals surface area contributed by atoms with Gasteiger partial charge in [-0.1, -0.05) is 19.1 Å². The fourth-order valence-corrected chi connectivity index (χ4v) is 1.86. The molecule has 0 aliphatic heterocycles. The van der Waals surface area contributed by atoms with Crippen LogP contribution in [0.1, 0.15) is 25.3 Å². The Morgan fingerprint density at radius 3 is 2.50 bits per heavy atom. The van der Waals surface area contributed by atoms with E-state index in [0.717, 1.165) is 6.54 Å². The quantitative estimate of drug-likeness (QED) is 0.842. The minimum absolute atomic E-state index is 0.614. The predicted molar refractivity (Wildman–Crippen MR) is 68.2 cm³/mol. The van der Waals surface area contributed by atoms with E-state index in [-0.39, 0.29) is 0 Å². The molecular weight excluding hydrogens is 285 g/mol. The first-order valence-electron chi connectivity index (χ1n) is 5.13. The van der Waals surface area contributed by atoms with Crippen molar-refractivity contribution in [2.45, 2.75) is 26.3 Å². The largest absolute Gasteiger partial charge is 0.312 e. The number of benzene rings is 1. The van der Waals surface area contributed by atoms with E-state index in [9.17, 15) is 0 Å². The first kappa shape index (κ1) is 10.4. The summed E-state index contributed by atoms with van der Waals surface area (Å²) in [5, 5.41) is 3.52. The van der Waals surface area contributed by atoms with Crippen molar-refractivity contribution in [1.29, 1.82) is 0 Å². The number of rotatable bonds is 4. The molecule has 2 heteroatoms. The van der Waals surface area contributed by atoms with Crippen LogP contribution in [0.3, 0.4) is 0 Å². The zero-order valence-corrected chi connectivity index (χ0v) is 10.7. The molecule has 1 aromatic rings. The van der Waals surface area contributed by atoms with Crippen LogP contribution in [0.2, 0.25) is 0 Å². The lowest BCUT2D eigenvalue weighted by atomic mass is 10.1. The lowest BCUT2D eigenvalue weighted by Gasteiger charge is -2.09. The van der Waals surface area contributed by atoms with Crippen molar-refractivity contribution in [2.24, 2.45) is 5.41 Å². The van der Waals surface area contributed by atoms with Gasteiger partial charge < -0.3 is 5.32 Å². The third-order valence-electron chi connectivity index (χ3n) is 2.90.